The molecule has 22 heavy (non-hydrogen) atoms. The Balaban J connectivity index is 2.27. The molecule has 0 fully saturated rings. The van der Waals surface area contributed by atoms with Gasteiger partial charge in [-0.15, -0.1) is 0 Å². The third-order valence-corrected chi connectivity index (χ3v) is 3.49. The van der Waals surface area contributed by atoms with Crippen LogP contribution in [0.1, 0.15) is 26.3 Å². The maximum atomic E-state index is 11.2. The molecule has 0 aromatic heterocycles. The first-order valence-electron chi connectivity index (χ1n) is 6.33. The first-order chi connectivity index (χ1) is 10.5. The van der Waals surface area contributed by atoms with E-state index >= 15 is 0 Å². The van der Waals surface area contributed by atoms with Gasteiger partial charge in [-0.1, -0.05) is 15.9 Å². The average Bonchev–Trinajstić information content (AvgIpc) is 2.53. The van der Waals surface area contributed by atoms with Gasteiger partial charge in [0, 0.05) is 15.6 Å². The maximum absolute atomic E-state index is 11.2. The number of carbonyl (C=O) groups is 2. The highest BCUT2D eigenvalue weighted by Gasteiger charge is 2.13. The molecule has 0 spiro atoms. The van der Waals surface area contributed by atoms with Crippen LogP contribution < -0.4 is 9.47 Å². The lowest BCUT2D eigenvalue weighted by Crippen LogP contribution is -2.05. The van der Waals surface area contributed by atoms with Crippen LogP contribution in [0.25, 0.3) is 0 Å². The third-order valence-electron chi connectivity index (χ3n) is 3.00. The zero-order valence-corrected chi connectivity index (χ0v) is 13.3. The lowest BCUT2D eigenvalue weighted by Gasteiger charge is -2.12. The van der Waals surface area contributed by atoms with Crippen LogP contribution in [0.15, 0.2) is 40.9 Å². The van der Waals surface area contributed by atoms with E-state index in [0.717, 1.165) is 6.29 Å². The Morgan fingerprint density at radius 1 is 1.23 bits per heavy atom. The van der Waals surface area contributed by atoms with E-state index in [4.69, 9.17) is 9.47 Å². The molecule has 1 N–H and O–H groups in total. The maximum Gasteiger partial charge on any atom is 0.339 e. The smallest absolute Gasteiger partial charge is 0.339 e. The molecule has 0 aliphatic carbocycles. The molecular formula is C16H13BrO5. The average molecular weight is 365 g/mol. The molecule has 0 amide bonds. The number of halogens is 1. The summed E-state index contributed by atoms with van der Waals surface area (Å²) in [5, 5.41) is 9.20. The molecule has 114 valence electrons. The molecule has 0 saturated heterocycles. The number of aromatic carboxylic acids is 1. The Labute approximate surface area is 135 Å². The van der Waals surface area contributed by atoms with Gasteiger partial charge in [0.25, 0.3) is 0 Å². The summed E-state index contributed by atoms with van der Waals surface area (Å²) < 4.78 is 11.4. The molecule has 2 aromatic carbocycles. The fourth-order valence-corrected chi connectivity index (χ4v) is 2.30. The minimum Gasteiger partial charge on any atom is -0.496 e. The Hall–Kier alpha value is -2.34. The van der Waals surface area contributed by atoms with E-state index in [1.807, 2.05) is 0 Å². The van der Waals surface area contributed by atoms with E-state index in [9.17, 15) is 14.7 Å². The molecule has 0 bridgehead atoms. The van der Waals surface area contributed by atoms with E-state index in [-0.39, 0.29) is 17.9 Å². The van der Waals surface area contributed by atoms with Crippen LogP contribution in [0.4, 0.5) is 0 Å². The minimum atomic E-state index is -1.08. The van der Waals surface area contributed by atoms with Crippen LogP contribution in [0.3, 0.4) is 0 Å². The number of aldehydes is 1. The second kappa shape index (κ2) is 7.09. The molecule has 0 heterocycles. The summed E-state index contributed by atoms with van der Waals surface area (Å²) in [5.41, 5.74) is 1.21. The monoisotopic (exact) mass is 364 g/mol. The Kier molecular flexibility index (Phi) is 5.16. The summed E-state index contributed by atoms with van der Waals surface area (Å²) in [4.78, 5) is 22.1. The molecule has 0 aliphatic rings. The van der Waals surface area contributed by atoms with Crippen LogP contribution in [0.5, 0.6) is 11.5 Å². The lowest BCUT2D eigenvalue weighted by atomic mass is 10.1. The van der Waals surface area contributed by atoms with Gasteiger partial charge in [-0.2, -0.15) is 0 Å². The van der Waals surface area contributed by atoms with Crippen molar-refractivity contribution in [3.63, 3.8) is 0 Å². The van der Waals surface area contributed by atoms with E-state index in [1.165, 1.54) is 13.2 Å². The molecule has 2 rings (SSSR count). The zero-order chi connectivity index (χ0) is 16.1. The van der Waals surface area contributed by atoms with Gasteiger partial charge in [0.2, 0.25) is 0 Å². The van der Waals surface area contributed by atoms with Gasteiger partial charge in [0.15, 0.2) is 0 Å². The summed E-state index contributed by atoms with van der Waals surface area (Å²) in [5.74, 6) is -0.265. The minimum absolute atomic E-state index is 0.0554. The van der Waals surface area contributed by atoms with E-state index in [1.54, 1.807) is 30.3 Å². The normalized spacial score (nSPS) is 10.1. The molecular weight excluding hydrogens is 352 g/mol. The number of benzene rings is 2. The summed E-state index contributed by atoms with van der Waals surface area (Å²) in [6.45, 7) is 0.0900. The summed E-state index contributed by atoms with van der Waals surface area (Å²) in [6.07, 6.45) is 0.727. The summed E-state index contributed by atoms with van der Waals surface area (Å²) in [7, 11) is 1.52. The fraction of sp³-hybridized carbons (Fsp3) is 0.125. The molecule has 0 radical (unpaired) electrons. The molecule has 6 heteroatoms. The second-order valence-electron chi connectivity index (χ2n) is 4.42. The number of hydrogen-bond donors (Lipinski definition) is 1. The predicted octanol–water partition coefficient (Wildman–Crippen LogP) is 3.55. The zero-order valence-electron chi connectivity index (χ0n) is 11.7. The molecule has 2 aromatic rings. The van der Waals surface area contributed by atoms with Gasteiger partial charge in [-0.25, -0.2) is 4.79 Å². The topological polar surface area (TPSA) is 72.8 Å². The summed E-state index contributed by atoms with van der Waals surface area (Å²) >= 11 is 3.22. The molecule has 0 saturated carbocycles. The van der Waals surface area contributed by atoms with Crippen molar-refractivity contribution < 1.29 is 24.2 Å². The van der Waals surface area contributed by atoms with Crippen molar-refractivity contribution in [1.29, 1.82) is 0 Å². The van der Waals surface area contributed by atoms with Crippen molar-refractivity contribution in [2.75, 3.05) is 7.11 Å². The number of ether oxygens (including phenoxy) is 2. The van der Waals surface area contributed by atoms with Crippen LogP contribution in [0, 0.1) is 0 Å². The Morgan fingerprint density at radius 3 is 2.59 bits per heavy atom. The van der Waals surface area contributed by atoms with E-state index < -0.39 is 5.97 Å². The number of rotatable bonds is 6. The molecule has 0 unspecified atom stereocenters. The number of carbonyl (C=O) groups excluding carboxylic acids is 1. The first kappa shape index (κ1) is 16.0. The van der Waals surface area contributed by atoms with Crippen LogP contribution in [0.2, 0.25) is 0 Å². The van der Waals surface area contributed by atoms with Gasteiger partial charge >= 0.3 is 5.97 Å². The quantitative estimate of drug-likeness (QED) is 0.793. The van der Waals surface area contributed by atoms with Gasteiger partial charge in [-0.3, -0.25) is 4.79 Å². The van der Waals surface area contributed by atoms with E-state index in [2.05, 4.69) is 15.9 Å². The third kappa shape index (κ3) is 3.65. The van der Waals surface area contributed by atoms with Gasteiger partial charge in [0.05, 0.1) is 7.11 Å². The summed E-state index contributed by atoms with van der Waals surface area (Å²) in [6, 6.07) is 9.69. The second-order valence-corrected chi connectivity index (χ2v) is 5.34. The van der Waals surface area contributed by atoms with Crippen molar-refractivity contribution in [3.8, 4) is 11.5 Å². The van der Waals surface area contributed by atoms with Crippen molar-refractivity contribution in [1.82, 2.24) is 0 Å². The van der Waals surface area contributed by atoms with E-state index in [0.29, 0.717) is 21.3 Å². The van der Waals surface area contributed by atoms with Gasteiger partial charge in [0.1, 0.15) is 30.0 Å². The van der Waals surface area contributed by atoms with Gasteiger partial charge < -0.3 is 14.6 Å². The fourth-order valence-electron chi connectivity index (χ4n) is 1.94. The van der Waals surface area contributed by atoms with Crippen LogP contribution in [-0.4, -0.2) is 24.5 Å². The Bertz CT molecular complexity index is 712. The highest BCUT2D eigenvalue weighted by Crippen LogP contribution is 2.26. The lowest BCUT2D eigenvalue weighted by molar-refractivity contribution is 0.0691. The highest BCUT2D eigenvalue weighted by molar-refractivity contribution is 9.10. The number of methoxy groups -OCH3 is 1. The van der Waals surface area contributed by atoms with Gasteiger partial charge in [-0.05, 0) is 36.4 Å². The van der Waals surface area contributed by atoms with Crippen molar-refractivity contribution in [2.45, 2.75) is 6.61 Å². The van der Waals surface area contributed by atoms with Crippen molar-refractivity contribution in [3.05, 3.63) is 57.6 Å². The van der Waals surface area contributed by atoms with Crippen LogP contribution >= 0.6 is 15.9 Å². The number of carboxylic acids is 1. The molecule has 5 nitrogen and oxygen atoms in total. The predicted molar refractivity (Wildman–Crippen MR) is 83.8 cm³/mol. The van der Waals surface area contributed by atoms with Crippen LogP contribution in [-0.2, 0) is 6.61 Å². The standard InChI is InChI=1S/C16H13BrO5/c1-21-14-4-2-10(8-18)6-11(14)9-22-15-5-3-12(17)7-13(15)16(19)20/h2-8H,9H2,1H3,(H,19,20). The Morgan fingerprint density at radius 2 is 1.95 bits per heavy atom. The number of hydrogen-bond acceptors (Lipinski definition) is 4. The largest absolute Gasteiger partial charge is 0.496 e. The highest BCUT2D eigenvalue weighted by atomic mass is 79.9. The van der Waals surface area contributed by atoms with Crippen molar-refractivity contribution >= 4 is 28.2 Å². The first-order valence-corrected chi connectivity index (χ1v) is 7.12. The molecule has 0 atom stereocenters. The number of carboxylic acid groups (broad SMARTS) is 1. The SMILES string of the molecule is COc1ccc(C=O)cc1COc1ccc(Br)cc1C(=O)O. The molecule has 0 aliphatic heterocycles. The van der Waals surface area contributed by atoms with Crippen molar-refractivity contribution in [2.24, 2.45) is 0 Å².